The van der Waals surface area contributed by atoms with Crippen LogP contribution < -0.4 is 0 Å². The quantitative estimate of drug-likeness (QED) is 0.827. The van der Waals surface area contributed by atoms with Crippen molar-refractivity contribution in [1.29, 1.82) is 0 Å². The van der Waals surface area contributed by atoms with Crippen LogP contribution in [-0.4, -0.2) is 83.7 Å². The van der Waals surface area contributed by atoms with Gasteiger partial charge in [-0.1, -0.05) is 6.92 Å². The second kappa shape index (κ2) is 7.07. The van der Waals surface area contributed by atoms with E-state index in [2.05, 4.69) is 16.7 Å². The van der Waals surface area contributed by atoms with Gasteiger partial charge < -0.3 is 10.0 Å². The van der Waals surface area contributed by atoms with Gasteiger partial charge in [0.2, 0.25) is 5.91 Å². The highest BCUT2D eigenvalue weighted by atomic mass is 16.3. The number of carbonyl (C=O) groups excluding carboxylic acids is 1. The minimum absolute atomic E-state index is 0.289. The van der Waals surface area contributed by atoms with Gasteiger partial charge in [-0.05, 0) is 32.6 Å². The third kappa shape index (κ3) is 5.57. The van der Waals surface area contributed by atoms with Crippen molar-refractivity contribution in [3.05, 3.63) is 0 Å². The van der Waals surface area contributed by atoms with Crippen LogP contribution in [0.1, 0.15) is 33.6 Å². The minimum Gasteiger partial charge on any atom is -0.389 e. The summed E-state index contributed by atoms with van der Waals surface area (Å²) < 4.78 is 0. The summed E-state index contributed by atoms with van der Waals surface area (Å²) in [7, 11) is 0. The average Bonchev–Trinajstić information content (AvgIpc) is 2.39. The Bertz CT molecular complexity index is 346. The SMILES string of the molecule is CC1CCCN(C(=O)CN2CCN(CC(C)(C)O)CC2)C1. The van der Waals surface area contributed by atoms with E-state index in [9.17, 15) is 9.90 Å². The van der Waals surface area contributed by atoms with Crippen LogP contribution in [0.3, 0.4) is 0 Å². The molecule has 1 amide bonds. The molecular weight excluding hydrogens is 266 g/mol. The fourth-order valence-corrected chi connectivity index (χ4v) is 3.36. The van der Waals surface area contributed by atoms with Crippen LogP contribution in [-0.2, 0) is 4.79 Å². The molecule has 0 aromatic heterocycles. The molecule has 1 atom stereocenters. The van der Waals surface area contributed by atoms with E-state index in [4.69, 9.17) is 0 Å². The first-order valence-electron chi connectivity index (χ1n) is 8.28. The molecule has 0 aromatic rings. The van der Waals surface area contributed by atoms with E-state index in [1.54, 1.807) is 0 Å². The zero-order chi connectivity index (χ0) is 15.5. The van der Waals surface area contributed by atoms with Gasteiger partial charge in [0.15, 0.2) is 0 Å². The Hall–Kier alpha value is -0.650. The van der Waals surface area contributed by atoms with Crippen LogP contribution in [0.5, 0.6) is 0 Å². The van der Waals surface area contributed by atoms with Gasteiger partial charge in [0.05, 0.1) is 12.1 Å². The maximum absolute atomic E-state index is 12.4. The second-order valence-corrected chi connectivity index (χ2v) is 7.45. The predicted molar refractivity (Wildman–Crippen MR) is 84.2 cm³/mol. The number of nitrogens with zero attached hydrogens (tertiary/aromatic N) is 3. The van der Waals surface area contributed by atoms with Crippen molar-refractivity contribution in [2.75, 3.05) is 52.4 Å². The van der Waals surface area contributed by atoms with Gasteiger partial charge in [-0.15, -0.1) is 0 Å². The van der Waals surface area contributed by atoms with Crippen molar-refractivity contribution in [1.82, 2.24) is 14.7 Å². The smallest absolute Gasteiger partial charge is 0.236 e. The first kappa shape index (κ1) is 16.7. The highest BCUT2D eigenvalue weighted by molar-refractivity contribution is 5.78. The third-order valence-corrected chi connectivity index (χ3v) is 4.44. The van der Waals surface area contributed by atoms with Gasteiger partial charge in [0.25, 0.3) is 0 Å². The van der Waals surface area contributed by atoms with Crippen molar-refractivity contribution >= 4 is 5.91 Å². The molecule has 2 fully saturated rings. The zero-order valence-corrected chi connectivity index (χ0v) is 13.8. The Labute approximate surface area is 128 Å². The molecular formula is C16H31N3O2. The van der Waals surface area contributed by atoms with E-state index in [-0.39, 0.29) is 5.91 Å². The molecule has 2 rings (SSSR count). The Morgan fingerprint density at radius 1 is 1.14 bits per heavy atom. The number of carbonyl (C=O) groups is 1. The summed E-state index contributed by atoms with van der Waals surface area (Å²) in [5.74, 6) is 0.934. The summed E-state index contributed by atoms with van der Waals surface area (Å²) in [6, 6.07) is 0. The summed E-state index contributed by atoms with van der Waals surface area (Å²) in [4.78, 5) is 18.9. The number of β-amino-alcohol motifs (C(OH)–C–C–N with tert-alkyl or cyclic N) is 1. The van der Waals surface area contributed by atoms with Crippen LogP contribution in [0.15, 0.2) is 0 Å². The fourth-order valence-electron chi connectivity index (χ4n) is 3.36. The molecule has 1 N–H and O–H groups in total. The van der Waals surface area contributed by atoms with Gasteiger partial charge >= 0.3 is 0 Å². The lowest BCUT2D eigenvalue weighted by Gasteiger charge is -2.38. The van der Waals surface area contributed by atoms with E-state index in [0.29, 0.717) is 19.0 Å². The first-order valence-corrected chi connectivity index (χ1v) is 8.28. The Kier molecular flexibility index (Phi) is 5.63. The number of amides is 1. The normalized spacial score (nSPS) is 26.1. The molecule has 0 aromatic carbocycles. The Balaban J connectivity index is 1.72. The zero-order valence-electron chi connectivity index (χ0n) is 13.8. The number of rotatable bonds is 4. The van der Waals surface area contributed by atoms with E-state index >= 15 is 0 Å². The van der Waals surface area contributed by atoms with Crippen LogP contribution in [0.2, 0.25) is 0 Å². The molecule has 0 saturated carbocycles. The first-order chi connectivity index (χ1) is 9.83. The van der Waals surface area contributed by atoms with Crippen molar-refractivity contribution in [3.63, 3.8) is 0 Å². The topological polar surface area (TPSA) is 47.0 Å². The summed E-state index contributed by atoms with van der Waals surface area (Å²) >= 11 is 0. The molecule has 21 heavy (non-hydrogen) atoms. The molecule has 0 radical (unpaired) electrons. The van der Waals surface area contributed by atoms with Gasteiger partial charge in [-0.2, -0.15) is 0 Å². The highest BCUT2D eigenvalue weighted by Gasteiger charge is 2.26. The number of hydrogen-bond acceptors (Lipinski definition) is 4. The summed E-state index contributed by atoms with van der Waals surface area (Å²) in [5, 5.41) is 9.86. The van der Waals surface area contributed by atoms with E-state index in [0.717, 1.165) is 45.7 Å². The van der Waals surface area contributed by atoms with Crippen molar-refractivity contribution in [2.45, 2.75) is 39.2 Å². The molecule has 5 heteroatoms. The summed E-state index contributed by atoms with van der Waals surface area (Å²) in [6.07, 6.45) is 2.39. The molecule has 5 nitrogen and oxygen atoms in total. The summed E-state index contributed by atoms with van der Waals surface area (Å²) in [5.41, 5.74) is -0.637. The molecule has 1 unspecified atom stereocenters. The van der Waals surface area contributed by atoms with Crippen molar-refractivity contribution in [2.24, 2.45) is 5.92 Å². The number of piperidine rings is 1. The molecule has 2 aliphatic heterocycles. The van der Waals surface area contributed by atoms with Gasteiger partial charge in [0, 0.05) is 45.8 Å². The summed E-state index contributed by atoms with van der Waals surface area (Å²) in [6.45, 7) is 12.8. The molecule has 2 heterocycles. The maximum atomic E-state index is 12.4. The largest absolute Gasteiger partial charge is 0.389 e. The second-order valence-electron chi connectivity index (χ2n) is 7.45. The number of aliphatic hydroxyl groups is 1. The molecule has 122 valence electrons. The Morgan fingerprint density at radius 2 is 1.76 bits per heavy atom. The molecule has 2 aliphatic rings. The lowest BCUT2D eigenvalue weighted by Crippen LogP contribution is -2.53. The van der Waals surface area contributed by atoms with Crippen molar-refractivity contribution in [3.8, 4) is 0 Å². The van der Waals surface area contributed by atoms with Crippen molar-refractivity contribution < 1.29 is 9.90 Å². The van der Waals surface area contributed by atoms with Gasteiger partial charge in [0.1, 0.15) is 0 Å². The van der Waals surface area contributed by atoms with Crippen LogP contribution >= 0.6 is 0 Å². The lowest BCUT2D eigenvalue weighted by molar-refractivity contribution is -0.134. The van der Waals surface area contributed by atoms with E-state index in [1.165, 1.54) is 6.42 Å². The van der Waals surface area contributed by atoms with E-state index < -0.39 is 5.60 Å². The minimum atomic E-state index is -0.637. The van der Waals surface area contributed by atoms with Gasteiger partial charge in [-0.25, -0.2) is 0 Å². The molecule has 0 spiro atoms. The Morgan fingerprint density at radius 3 is 2.33 bits per heavy atom. The standard InChI is InChI=1S/C16H31N3O2/c1-14-5-4-6-19(11-14)15(20)12-17-7-9-18(10-8-17)13-16(2,3)21/h14,21H,4-13H2,1-3H3. The fraction of sp³-hybridized carbons (Fsp3) is 0.938. The monoisotopic (exact) mass is 297 g/mol. The van der Waals surface area contributed by atoms with E-state index in [1.807, 2.05) is 18.7 Å². The lowest BCUT2D eigenvalue weighted by atomic mass is 10.0. The van der Waals surface area contributed by atoms with Crippen LogP contribution in [0.4, 0.5) is 0 Å². The number of hydrogen-bond donors (Lipinski definition) is 1. The van der Waals surface area contributed by atoms with Crippen LogP contribution in [0.25, 0.3) is 0 Å². The third-order valence-electron chi connectivity index (χ3n) is 4.44. The average molecular weight is 297 g/mol. The number of piperazine rings is 1. The maximum Gasteiger partial charge on any atom is 0.236 e. The molecule has 0 aliphatic carbocycles. The predicted octanol–water partition coefficient (Wildman–Crippen LogP) is 0.633. The molecule has 2 saturated heterocycles. The molecule has 0 bridgehead atoms. The van der Waals surface area contributed by atoms with Gasteiger partial charge in [-0.3, -0.25) is 14.6 Å². The van der Waals surface area contributed by atoms with Crippen LogP contribution in [0, 0.1) is 5.92 Å². The number of likely N-dealkylation sites (tertiary alicyclic amines) is 1. The highest BCUT2D eigenvalue weighted by Crippen LogP contribution is 2.16.